The first kappa shape index (κ1) is 17.1. The Bertz CT molecular complexity index is 1450. The summed E-state index contributed by atoms with van der Waals surface area (Å²) < 4.78 is 0. The van der Waals surface area contributed by atoms with E-state index < -0.39 is 0 Å². The van der Waals surface area contributed by atoms with Gasteiger partial charge in [-0.25, -0.2) is 4.98 Å². The predicted molar refractivity (Wildman–Crippen MR) is 116 cm³/mol. The van der Waals surface area contributed by atoms with Gasteiger partial charge >= 0.3 is 0 Å². The molecule has 148 valence electrons. The van der Waals surface area contributed by atoms with Crippen LogP contribution in [-0.2, 0) is 17.6 Å². The topological polar surface area (TPSA) is 99.4 Å². The average molecular weight is 396 g/mol. The first-order valence-corrected chi connectivity index (χ1v) is 10.2. The molecule has 3 N–H and O–H groups in total. The summed E-state index contributed by atoms with van der Waals surface area (Å²) >= 11 is 0. The molecule has 0 fully saturated rings. The van der Waals surface area contributed by atoms with Crippen molar-refractivity contribution in [2.45, 2.75) is 32.2 Å². The zero-order chi connectivity index (χ0) is 20.2. The van der Waals surface area contributed by atoms with Crippen molar-refractivity contribution in [1.29, 1.82) is 0 Å². The van der Waals surface area contributed by atoms with Crippen LogP contribution in [0.2, 0.25) is 0 Å². The number of nitrogens with zero attached hydrogens (tertiary/aromatic N) is 3. The second kappa shape index (κ2) is 6.38. The Morgan fingerprint density at radius 2 is 1.90 bits per heavy atom. The van der Waals surface area contributed by atoms with Crippen LogP contribution >= 0.6 is 0 Å². The summed E-state index contributed by atoms with van der Waals surface area (Å²) in [5, 5.41) is 20.9. The first-order chi connectivity index (χ1) is 14.7. The SMILES string of the molecule is CC(=O)NC1CCc2c(c(-c3ccc4[nH]ncc4c3)nc3ccc4[nH]ncc4c23)C1. The summed E-state index contributed by atoms with van der Waals surface area (Å²) in [6.45, 7) is 1.58. The first-order valence-electron chi connectivity index (χ1n) is 10.2. The third kappa shape index (κ3) is 2.58. The number of H-pyrrole nitrogens is 2. The molecule has 3 aromatic heterocycles. The summed E-state index contributed by atoms with van der Waals surface area (Å²) in [5.41, 5.74) is 7.58. The van der Waals surface area contributed by atoms with Crippen LogP contribution in [-0.4, -0.2) is 37.3 Å². The Morgan fingerprint density at radius 3 is 2.80 bits per heavy atom. The minimum atomic E-state index is 0.00999. The Kier molecular flexibility index (Phi) is 3.65. The van der Waals surface area contributed by atoms with Gasteiger partial charge in [-0.2, -0.15) is 10.2 Å². The molecule has 2 aromatic carbocycles. The quantitative estimate of drug-likeness (QED) is 0.424. The molecule has 3 heterocycles. The van der Waals surface area contributed by atoms with Gasteiger partial charge in [-0.05, 0) is 54.7 Å². The smallest absolute Gasteiger partial charge is 0.217 e. The van der Waals surface area contributed by atoms with Gasteiger partial charge in [0.1, 0.15) is 0 Å². The summed E-state index contributed by atoms with van der Waals surface area (Å²) in [6.07, 6.45) is 6.30. The van der Waals surface area contributed by atoms with E-state index in [1.807, 2.05) is 24.5 Å². The summed E-state index contributed by atoms with van der Waals surface area (Å²) in [6, 6.07) is 10.5. The van der Waals surface area contributed by atoms with Crippen LogP contribution in [0, 0.1) is 0 Å². The molecular formula is C23H20N6O. The average Bonchev–Trinajstić information content (AvgIpc) is 3.41. The lowest BCUT2D eigenvalue weighted by atomic mass is 9.83. The molecule has 0 bridgehead atoms. The highest BCUT2D eigenvalue weighted by Gasteiger charge is 2.26. The number of amides is 1. The minimum absolute atomic E-state index is 0.00999. The van der Waals surface area contributed by atoms with Crippen LogP contribution in [0.25, 0.3) is 44.0 Å². The van der Waals surface area contributed by atoms with E-state index in [0.29, 0.717) is 0 Å². The maximum absolute atomic E-state index is 11.7. The van der Waals surface area contributed by atoms with Crippen molar-refractivity contribution in [2.75, 3.05) is 0 Å². The van der Waals surface area contributed by atoms with Gasteiger partial charge in [-0.1, -0.05) is 6.07 Å². The molecule has 0 aliphatic heterocycles. The lowest BCUT2D eigenvalue weighted by Gasteiger charge is -2.28. The molecule has 0 saturated heterocycles. The van der Waals surface area contributed by atoms with Gasteiger partial charge in [0.15, 0.2) is 0 Å². The van der Waals surface area contributed by atoms with Crippen LogP contribution in [0.15, 0.2) is 42.7 Å². The van der Waals surface area contributed by atoms with Crippen molar-refractivity contribution in [3.05, 3.63) is 53.9 Å². The lowest BCUT2D eigenvalue weighted by molar-refractivity contribution is -0.119. The Labute approximate surface area is 171 Å². The number of carbonyl (C=O) groups is 1. The Hall–Kier alpha value is -3.74. The molecule has 1 aliphatic rings. The van der Waals surface area contributed by atoms with Crippen LogP contribution in [0.4, 0.5) is 0 Å². The molecule has 5 aromatic rings. The molecule has 1 unspecified atom stereocenters. The van der Waals surface area contributed by atoms with E-state index in [4.69, 9.17) is 4.98 Å². The molecule has 30 heavy (non-hydrogen) atoms. The summed E-state index contributed by atoms with van der Waals surface area (Å²) in [5.74, 6) is 0.00999. The molecule has 1 amide bonds. The van der Waals surface area contributed by atoms with E-state index in [1.54, 1.807) is 6.92 Å². The fraction of sp³-hybridized carbons (Fsp3) is 0.217. The second-order valence-electron chi connectivity index (χ2n) is 8.02. The van der Waals surface area contributed by atoms with Gasteiger partial charge in [0.25, 0.3) is 0 Å². The molecule has 1 aliphatic carbocycles. The van der Waals surface area contributed by atoms with Crippen LogP contribution in [0.1, 0.15) is 24.5 Å². The second-order valence-corrected chi connectivity index (χ2v) is 8.02. The molecule has 1 atom stereocenters. The van der Waals surface area contributed by atoms with Crippen LogP contribution in [0.5, 0.6) is 0 Å². The van der Waals surface area contributed by atoms with Crippen molar-refractivity contribution in [1.82, 2.24) is 30.7 Å². The Balaban J connectivity index is 1.63. The maximum atomic E-state index is 11.7. The molecule has 0 spiro atoms. The number of aromatic amines is 2. The lowest BCUT2D eigenvalue weighted by Crippen LogP contribution is -2.37. The number of aryl methyl sites for hydroxylation is 1. The number of rotatable bonds is 2. The molecule has 7 nitrogen and oxygen atoms in total. The van der Waals surface area contributed by atoms with Crippen LogP contribution < -0.4 is 5.32 Å². The zero-order valence-electron chi connectivity index (χ0n) is 16.5. The van der Waals surface area contributed by atoms with E-state index in [9.17, 15) is 4.79 Å². The van der Waals surface area contributed by atoms with E-state index in [2.05, 4.69) is 43.9 Å². The third-order valence-corrected chi connectivity index (χ3v) is 6.10. The Morgan fingerprint density at radius 1 is 1.07 bits per heavy atom. The number of nitrogens with one attached hydrogen (secondary N) is 3. The van der Waals surface area contributed by atoms with E-state index in [-0.39, 0.29) is 11.9 Å². The normalized spacial score (nSPS) is 16.2. The van der Waals surface area contributed by atoms with Crippen molar-refractivity contribution in [3.8, 4) is 11.3 Å². The fourth-order valence-corrected chi connectivity index (χ4v) is 4.80. The zero-order valence-corrected chi connectivity index (χ0v) is 16.5. The standard InChI is InChI=1S/C23H20N6O/c1-12(30)26-15-3-4-16-17(9-15)23(13-2-5-19-14(8-13)10-24-28-19)27-21-7-6-20-18(22(16)21)11-25-29-20/h2,5-8,10-11,15H,3-4,9H2,1H3,(H,24,28)(H,25,29)(H,26,30). The van der Waals surface area contributed by atoms with E-state index in [1.165, 1.54) is 16.5 Å². The number of hydrogen-bond donors (Lipinski definition) is 3. The highest BCUT2D eigenvalue weighted by molar-refractivity contribution is 6.08. The maximum Gasteiger partial charge on any atom is 0.217 e. The number of benzene rings is 2. The number of hydrogen-bond acceptors (Lipinski definition) is 4. The van der Waals surface area contributed by atoms with Gasteiger partial charge in [-0.3, -0.25) is 15.0 Å². The predicted octanol–water partition coefficient (Wildman–Crippen LogP) is 3.65. The van der Waals surface area contributed by atoms with Gasteiger partial charge in [0, 0.05) is 34.7 Å². The van der Waals surface area contributed by atoms with Crippen molar-refractivity contribution in [3.63, 3.8) is 0 Å². The number of aromatic nitrogens is 5. The van der Waals surface area contributed by atoms with Crippen molar-refractivity contribution < 1.29 is 4.79 Å². The van der Waals surface area contributed by atoms with E-state index in [0.717, 1.165) is 57.8 Å². The van der Waals surface area contributed by atoms with Crippen molar-refractivity contribution >= 4 is 38.6 Å². The number of pyridine rings is 1. The van der Waals surface area contributed by atoms with E-state index >= 15 is 0 Å². The highest BCUT2D eigenvalue weighted by Crippen LogP contribution is 2.38. The fourth-order valence-electron chi connectivity index (χ4n) is 4.80. The summed E-state index contributed by atoms with van der Waals surface area (Å²) in [7, 11) is 0. The molecule has 0 radical (unpaired) electrons. The monoisotopic (exact) mass is 396 g/mol. The van der Waals surface area contributed by atoms with Crippen LogP contribution in [0.3, 0.4) is 0 Å². The van der Waals surface area contributed by atoms with Crippen molar-refractivity contribution in [2.24, 2.45) is 0 Å². The van der Waals surface area contributed by atoms with Gasteiger partial charge in [0.2, 0.25) is 5.91 Å². The summed E-state index contributed by atoms with van der Waals surface area (Å²) in [4.78, 5) is 16.8. The number of fused-ring (bicyclic) bond motifs is 6. The van der Waals surface area contributed by atoms with Gasteiger partial charge in [-0.15, -0.1) is 0 Å². The molecular weight excluding hydrogens is 376 g/mol. The largest absolute Gasteiger partial charge is 0.353 e. The minimum Gasteiger partial charge on any atom is -0.353 e. The molecule has 7 heteroatoms. The molecule has 0 saturated carbocycles. The van der Waals surface area contributed by atoms with Gasteiger partial charge in [0.05, 0.1) is 34.6 Å². The highest BCUT2D eigenvalue weighted by atomic mass is 16.1. The van der Waals surface area contributed by atoms with Gasteiger partial charge < -0.3 is 5.32 Å². The number of carbonyl (C=O) groups excluding carboxylic acids is 1. The third-order valence-electron chi connectivity index (χ3n) is 6.10. The molecule has 6 rings (SSSR count).